The van der Waals surface area contributed by atoms with Crippen LogP contribution in [0.4, 0.5) is 4.79 Å². The van der Waals surface area contributed by atoms with Gasteiger partial charge in [0.05, 0.1) is 12.7 Å². The molecule has 2 amide bonds. The molecule has 0 rings (SSSR count). The Kier molecular flexibility index (Phi) is 12.5. The van der Waals surface area contributed by atoms with Crippen molar-refractivity contribution in [2.24, 2.45) is 0 Å². The summed E-state index contributed by atoms with van der Waals surface area (Å²) in [5.41, 5.74) is 0. The fourth-order valence-corrected chi connectivity index (χ4v) is 1.47. The van der Waals surface area contributed by atoms with E-state index in [-0.39, 0.29) is 38.2 Å². The van der Waals surface area contributed by atoms with E-state index in [1.807, 2.05) is 13.8 Å². The van der Waals surface area contributed by atoms with Crippen molar-refractivity contribution in [3.8, 4) is 0 Å². The lowest BCUT2D eigenvalue weighted by Crippen LogP contribution is -2.35. The molecule has 0 aliphatic rings. The van der Waals surface area contributed by atoms with Gasteiger partial charge in [-0.1, -0.05) is 13.8 Å². The number of hydrogen-bond donors (Lipinski definition) is 3. The number of aliphatic hydroxyl groups is 1. The van der Waals surface area contributed by atoms with E-state index in [0.717, 1.165) is 6.42 Å². The van der Waals surface area contributed by atoms with Crippen LogP contribution in [0.1, 0.15) is 33.1 Å². The van der Waals surface area contributed by atoms with Gasteiger partial charge >= 0.3 is 6.09 Å². The first kappa shape index (κ1) is 20.6. The molecule has 2 atom stereocenters. The Hall–Kier alpha value is -1.38. The quantitative estimate of drug-likeness (QED) is 0.449. The number of methoxy groups -OCH3 is 1. The van der Waals surface area contributed by atoms with Gasteiger partial charge in [0.15, 0.2) is 6.29 Å². The lowest BCUT2D eigenvalue weighted by Gasteiger charge is -2.21. The number of ether oxygens (including phenoxy) is 3. The molecule has 3 N–H and O–H groups in total. The van der Waals surface area contributed by atoms with E-state index in [4.69, 9.17) is 19.3 Å². The molecular formula is C14H28N2O6. The van der Waals surface area contributed by atoms with Gasteiger partial charge in [-0.25, -0.2) is 4.79 Å². The van der Waals surface area contributed by atoms with Gasteiger partial charge in [-0.05, 0) is 12.8 Å². The first-order chi connectivity index (χ1) is 10.6. The van der Waals surface area contributed by atoms with E-state index >= 15 is 0 Å². The van der Waals surface area contributed by atoms with Crippen LogP contribution in [0.15, 0.2) is 0 Å². The largest absolute Gasteiger partial charge is 0.444 e. The summed E-state index contributed by atoms with van der Waals surface area (Å²) >= 11 is 0. The highest BCUT2D eigenvalue weighted by atomic mass is 16.7. The van der Waals surface area contributed by atoms with Gasteiger partial charge in [-0.3, -0.25) is 4.79 Å². The van der Waals surface area contributed by atoms with Crippen LogP contribution in [0.5, 0.6) is 0 Å². The Morgan fingerprint density at radius 3 is 2.45 bits per heavy atom. The number of nitrogens with one attached hydrogen (secondary N) is 2. The molecule has 0 aliphatic heterocycles. The monoisotopic (exact) mass is 320 g/mol. The molecular weight excluding hydrogens is 292 g/mol. The minimum absolute atomic E-state index is 0.0964. The predicted octanol–water partition coefficient (Wildman–Crippen LogP) is 0.389. The average Bonchev–Trinajstić information content (AvgIpc) is 2.53. The zero-order valence-electron chi connectivity index (χ0n) is 13.6. The molecule has 0 radical (unpaired) electrons. The summed E-state index contributed by atoms with van der Waals surface area (Å²) in [7, 11) is 1.42. The van der Waals surface area contributed by atoms with Crippen molar-refractivity contribution in [2.45, 2.75) is 45.5 Å². The van der Waals surface area contributed by atoms with Crippen molar-refractivity contribution < 1.29 is 28.9 Å². The van der Waals surface area contributed by atoms with Crippen LogP contribution in [0.3, 0.4) is 0 Å². The molecule has 8 nitrogen and oxygen atoms in total. The SMILES string of the molecule is CCCNC(=O)CCNC(=O)OCC(OC)OC(CC)CO. The molecule has 2 unspecified atom stereocenters. The number of carbonyl (C=O) groups excluding carboxylic acids is 2. The van der Waals surface area contributed by atoms with Crippen LogP contribution in [-0.4, -0.2) is 62.9 Å². The molecule has 0 saturated carbocycles. The van der Waals surface area contributed by atoms with Crippen LogP contribution < -0.4 is 10.6 Å². The van der Waals surface area contributed by atoms with E-state index in [2.05, 4.69) is 10.6 Å². The zero-order chi connectivity index (χ0) is 16.8. The number of amides is 2. The maximum atomic E-state index is 11.5. The van der Waals surface area contributed by atoms with Crippen LogP contribution in [-0.2, 0) is 19.0 Å². The second-order valence-electron chi connectivity index (χ2n) is 4.64. The van der Waals surface area contributed by atoms with Crippen molar-refractivity contribution in [1.82, 2.24) is 10.6 Å². The fourth-order valence-electron chi connectivity index (χ4n) is 1.47. The minimum atomic E-state index is -0.740. The van der Waals surface area contributed by atoms with Gasteiger partial charge in [0.25, 0.3) is 0 Å². The summed E-state index contributed by atoms with van der Waals surface area (Å²) in [6.07, 6.45) is -0.0656. The molecule has 0 aliphatic carbocycles. The van der Waals surface area contributed by atoms with E-state index in [1.54, 1.807) is 0 Å². The molecule has 0 heterocycles. The van der Waals surface area contributed by atoms with Gasteiger partial charge in [0.1, 0.15) is 6.61 Å². The number of hydrogen-bond acceptors (Lipinski definition) is 6. The Labute approximate surface area is 131 Å². The first-order valence-electron chi connectivity index (χ1n) is 7.53. The van der Waals surface area contributed by atoms with Crippen molar-refractivity contribution in [3.05, 3.63) is 0 Å². The molecule has 8 heteroatoms. The maximum absolute atomic E-state index is 11.5. The van der Waals surface area contributed by atoms with Crippen LogP contribution in [0.25, 0.3) is 0 Å². The second-order valence-corrected chi connectivity index (χ2v) is 4.64. The van der Waals surface area contributed by atoms with Crippen molar-refractivity contribution in [1.29, 1.82) is 0 Å². The third-order valence-electron chi connectivity index (χ3n) is 2.81. The lowest BCUT2D eigenvalue weighted by atomic mass is 10.3. The molecule has 130 valence electrons. The van der Waals surface area contributed by atoms with E-state index < -0.39 is 12.4 Å². The summed E-state index contributed by atoms with van der Waals surface area (Å²) in [5.74, 6) is -0.117. The van der Waals surface area contributed by atoms with Crippen LogP contribution >= 0.6 is 0 Å². The molecule has 0 saturated heterocycles. The third kappa shape index (κ3) is 10.4. The zero-order valence-corrected chi connectivity index (χ0v) is 13.6. The first-order valence-corrected chi connectivity index (χ1v) is 7.53. The Bertz CT molecular complexity index is 310. The Balaban J connectivity index is 3.84. The summed E-state index contributed by atoms with van der Waals surface area (Å²) in [5, 5.41) is 14.2. The predicted molar refractivity (Wildman–Crippen MR) is 80.3 cm³/mol. The maximum Gasteiger partial charge on any atom is 0.407 e. The fraction of sp³-hybridized carbons (Fsp3) is 0.857. The smallest absolute Gasteiger partial charge is 0.407 e. The highest BCUT2D eigenvalue weighted by Gasteiger charge is 2.16. The van der Waals surface area contributed by atoms with E-state index in [9.17, 15) is 9.59 Å². The van der Waals surface area contributed by atoms with Crippen molar-refractivity contribution in [2.75, 3.05) is 33.4 Å². The van der Waals surface area contributed by atoms with Crippen LogP contribution in [0, 0.1) is 0 Å². The molecule has 0 fully saturated rings. The minimum Gasteiger partial charge on any atom is -0.444 e. The number of alkyl carbamates (subject to hydrolysis) is 1. The average molecular weight is 320 g/mol. The Morgan fingerprint density at radius 1 is 1.18 bits per heavy atom. The van der Waals surface area contributed by atoms with Gasteiger partial charge in [0.2, 0.25) is 5.91 Å². The topological polar surface area (TPSA) is 106 Å². The normalized spacial score (nSPS) is 13.3. The summed E-state index contributed by atoms with van der Waals surface area (Å²) < 4.78 is 15.3. The summed E-state index contributed by atoms with van der Waals surface area (Å²) in [6.45, 7) is 4.42. The Morgan fingerprint density at radius 2 is 1.91 bits per heavy atom. The number of carbonyl (C=O) groups is 2. The molecule has 0 aromatic heterocycles. The second kappa shape index (κ2) is 13.3. The van der Waals surface area contributed by atoms with Gasteiger partial charge in [0, 0.05) is 26.6 Å². The third-order valence-corrected chi connectivity index (χ3v) is 2.81. The molecule has 0 aromatic rings. The van der Waals surface area contributed by atoms with Crippen molar-refractivity contribution in [3.63, 3.8) is 0 Å². The number of aliphatic hydroxyl groups excluding tert-OH is 1. The van der Waals surface area contributed by atoms with E-state index in [0.29, 0.717) is 13.0 Å². The lowest BCUT2D eigenvalue weighted by molar-refractivity contribution is -0.181. The highest BCUT2D eigenvalue weighted by molar-refractivity contribution is 5.76. The molecule has 0 spiro atoms. The standard InChI is InChI=1S/C14H28N2O6/c1-4-7-15-12(18)6-8-16-14(19)21-10-13(20-3)22-11(5-2)9-17/h11,13,17H,4-10H2,1-3H3,(H,15,18)(H,16,19). The van der Waals surface area contributed by atoms with Gasteiger partial charge < -0.3 is 30.0 Å². The van der Waals surface area contributed by atoms with Crippen LogP contribution in [0.2, 0.25) is 0 Å². The van der Waals surface area contributed by atoms with Crippen molar-refractivity contribution >= 4 is 12.0 Å². The molecule has 0 bridgehead atoms. The summed E-state index contributed by atoms with van der Waals surface area (Å²) in [4.78, 5) is 22.8. The molecule has 0 aromatic carbocycles. The van der Waals surface area contributed by atoms with Gasteiger partial charge in [-0.15, -0.1) is 0 Å². The van der Waals surface area contributed by atoms with E-state index in [1.165, 1.54) is 7.11 Å². The molecule has 22 heavy (non-hydrogen) atoms. The van der Waals surface area contributed by atoms with Gasteiger partial charge in [-0.2, -0.15) is 0 Å². The number of rotatable bonds is 12. The highest BCUT2D eigenvalue weighted by Crippen LogP contribution is 2.04. The summed E-state index contributed by atoms with van der Waals surface area (Å²) in [6, 6.07) is 0.